The minimum absolute atomic E-state index is 0.390. The Hall–Kier alpha value is -1.89. The molecule has 5 heteroatoms. The quantitative estimate of drug-likeness (QED) is 0.595. The van der Waals surface area contributed by atoms with Gasteiger partial charge in [0.1, 0.15) is 5.75 Å². The molecule has 0 aromatic heterocycles. The summed E-state index contributed by atoms with van der Waals surface area (Å²) in [4.78, 5) is 25.8. The average molecular weight is 393 g/mol. The second-order valence-corrected chi connectivity index (χ2v) is 5.98. The monoisotopic (exact) mass is 393 g/mol. The van der Waals surface area contributed by atoms with E-state index in [-0.39, 0.29) is 0 Å². The minimum Gasteiger partial charge on any atom is -0.497 e. The third kappa shape index (κ3) is 2.53. The maximum absolute atomic E-state index is 12.2. The second-order valence-electron chi connectivity index (χ2n) is 4.73. The summed E-state index contributed by atoms with van der Waals surface area (Å²) in [6.07, 6.45) is 0. The molecule has 2 aromatic carbocycles. The number of anilines is 1. The zero-order chi connectivity index (χ0) is 15.0. The Morgan fingerprint density at radius 3 is 2.48 bits per heavy atom. The van der Waals surface area contributed by atoms with Gasteiger partial charge in [-0.05, 0) is 58.5 Å². The van der Waals surface area contributed by atoms with E-state index >= 15 is 0 Å². The van der Waals surface area contributed by atoms with E-state index in [0.29, 0.717) is 23.5 Å². The summed E-state index contributed by atoms with van der Waals surface area (Å²) in [5.74, 6) is -0.391. The molecule has 0 fully saturated rings. The van der Waals surface area contributed by atoms with Crippen LogP contribution in [0.2, 0.25) is 0 Å². The largest absolute Gasteiger partial charge is 0.497 e. The number of methoxy groups -OCH3 is 1. The van der Waals surface area contributed by atoms with Gasteiger partial charge in [0.2, 0.25) is 0 Å². The lowest BCUT2D eigenvalue weighted by atomic mass is 10.1. The SMILES string of the molecule is COc1ccc2c(c1)C(=O)C(=O)N2Cc1ccc(I)cc1. The summed E-state index contributed by atoms with van der Waals surface area (Å²) >= 11 is 2.23. The number of benzene rings is 2. The molecule has 106 valence electrons. The molecule has 0 radical (unpaired) electrons. The average Bonchev–Trinajstić information content (AvgIpc) is 2.74. The van der Waals surface area contributed by atoms with Crippen molar-refractivity contribution in [3.05, 3.63) is 57.2 Å². The number of ether oxygens (including phenoxy) is 1. The van der Waals surface area contributed by atoms with Gasteiger partial charge in [0.15, 0.2) is 0 Å². The summed E-state index contributed by atoms with van der Waals surface area (Å²) in [5, 5.41) is 0. The fourth-order valence-electron chi connectivity index (χ4n) is 2.34. The molecule has 0 atom stereocenters. The van der Waals surface area contributed by atoms with Crippen molar-refractivity contribution in [3.63, 3.8) is 0 Å². The van der Waals surface area contributed by atoms with E-state index in [9.17, 15) is 9.59 Å². The highest BCUT2D eigenvalue weighted by atomic mass is 127. The van der Waals surface area contributed by atoms with Gasteiger partial charge in [0.05, 0.1) is 24.9 Å². The molecule has 0 aliphatic carbocycles. The number of halogens is 1. The molecule has 1 heterocycles. The van der Waals surface area contributed by atoms with Gasteiger partial charge in [0, 0.05) is 3.57 Å². The van der Waals surface area contributed by atoms with E-state index in [1.807, 2.05) is 24.3 Å². The first-order valence-electron chi connectivity index (χ1n) is 6.39. The minimum atomic E-state index is -0.489. The van der Waals surface area contributed by atoms with E-state index in [1.165, 1.54) is 12.0 Å². The van der Waals surface area contributed by atoms with Crippen LogP contribution in [0.25, 0.3) is 0 Å². The fraction of sp³-hybridized carbons (Fsp3) is 0.125. The molecule has 0 saturated carbocycles. The lowest BCUT2D eigenvalue weighted by Gasteiger charge is -2.16. The molecule has 3 rings (SSSR count). The molecular weight excluding hydrogens is 381 g/mol. The van der Waals surface area contributed by atoms with Crippen molar-refractivity contribution in [3.8, 4) is 5.75 Å². The second kappa shape index (κ2) is 5.48. The first kappa shape index (κ1) is 14.1. The van der Waals surface area contributed by atoms with E-state index in [2.05, 4.69) is 22.6 Å². The summed E-state index contributed by atoms with van der Waals surface area (Å²) in [7, 11) is 1.53. The number of fused-ring (bicyclic) bond motifs is 1. The van der Waals surface area contributed by atoms with Crippen molar-refractivity contribution < 1.29 is 14.3 Å². The third-order valence-electron chi connectivity index (χ3n) is 3.43. The maximum Gasteiger partial charge on any atom is 0.299 e. The highest BCUT2D eigenvalue weighted by Crippen LogP contribution is 2.33. The van der Waals surface area contributed by atoms with Crippen LogP contribution in [0, 0.1) is 3.57 Å². The van der Waals surface area contributed by atoms with Crippen LogP contribution in [0.4, 0.5) is 5.69 Å². The van der Waals surface area contributed by atoms with Gasteiger partial charge in [-0.3, -0.25) is 9.59 Å². The number of ketones is 1. The Balaban J connectivity index is 1.96. The molecule has 21 heavy (non-hydrogen) atoms. The number of amides is 1. The number of carbonyl (C=O) groups excluding carboxylic acids is 2. The van der Waals surface area contributed by atoms with Gasteiger partial charge in [-0.2, -0.15) is 0 Å². The Morgan fingerprint density at radius 1 is 1.10 bits per heavy atom. The van der Waals surface area contributed by atoms with Crippen molar-refractivity contribution >= 4 is 40.0 Å². The fourth-order valence-corrected chi connectivity index (χ4v) is 2.70. The number of nitrogens with zero attached hydrogens (tertiary/aromatic N) is 1. The van der Waals surface area contributed by atoms with Gasteiger partial charge in [0.25, 0.3) is 11.7 Å². The van der Waals surface area contributed by atoms with Gasteiger partial charge < -0.3 is 9.64 Å². The van der Waals surface area contributed by atoms with Crippen LogP contribution in [0.15, 0.2) is 42.5 Å². The Kier molecular flexibility index (Phi) is 3.67. The smallest absolute Gasteiger partial charge is 0.299 e. The number of hydrogen-bond acceptors (Lipinski definition) is 3. The highest BCUT2D eigenvalue weighted by molar-refractivity contribution is 14.1. The summed E-state index contributed by atoms with van der Waals surface area (Å²) < 4.78 is 6.24. The van der Waals surface area contributed by atoms with Crippen LogP contribution >= 0.6 is 22.6 Å². The molecule has 2 aromatic rings. The summed E-state index contributed by atoms with van der Waals surface area (Å²) in [5.41, 5.74) is 2.04. The highest BCUT2D eigenvalue weighted by Gasteiger charge is 2.35. The number of carbonyl (C=O) groups is 2. The van der Waals surface area contributed by atoms with Crippen LogP contribution < -0.4 is 9.64 Å². The predicted molar refractivity (Wildman–Crippen MR) is 87.7 cm³/mol. The van der Waals surface area contributed by atoms with Gasteiger partial charge in [-0.1, -0.05) is 12.1 Å². The van der Waals surface area contributed by atoms with Gasteiger partial charge in [-0.15, -0.1) is 0 Å². The van der Waals surface area contributed by atoms with Crippen molar-refractivity contribution in [2.75, 3.05) is 12.0 Å². The van der Waals surface area contributed by atoms with Crippen molar-refractivity contribution in [1.82, 2.24) is 0 Å². The first-order valence-corrected chi connectivity index (χ1v) is 7.46. The van der Waals surface area contributed by atoms with Crippen LogP contribution in [0.5, 0.6) is 5.75 Å². The standard InChI is InChI=1S/C16H12INO3/c1-21-12-6-7-14-13(8-12)15(19)16(20)18(14)9-10-2-4-11(17)5-3-10/h2-8H,9H2,1H3. The zero-order valence-corrected chi connectivity index (χ0v) is 13.5. The van der Waals surface area contributed by atoms with Crippen LogP contribution in [0.1, 0.15) is 15.9 Å². The Morgan fingerprint density at radius 2 is 1.81 bits per heavy atom. The van der Waals surface area contributed by atoms with E-state index in [1.54, 1.807) is 18.2 Å². The Bertz CT molecular complexity index is 725. The van der Waals surface area contributed by atoms with Crippen LogP contribution in [0.3, 0.4) is 0 Å². The third-order valence-corrected chi connectivity index (χ3v) is 4.15. The van der Waals surface area contributed by atoms with Crippen molar-refractivity contribution in [2.45, 2.75) is 6.54 Å². The molecule has 0 N–H and O–H groups in total. The number of Topliss-reactive ketones (excluding diaryl/α,β-unsaturated/α-hetero) is 1. The van der Waals surface area contributed by atoms with Gasteiger partial charge in [-0.25, -0.2) is 0 Å². The van der Waals surface area contributed by atoms with Crippen molar-refractivity contribution in [2.24, 2.45) is 0 Å². The molecule has 4 nitrogen and oxygen atoms in total. The predicted octanol–water partition coefficient (Wildman–Crippen LogP) is 3.03. The molecule has 0 spiro atoms. The van der Waals surface area contributed by atoms with Gasteiger partial charge >= 0.3 is 0 Å². The molecule has 1 aliphatic rings. The van der Waals surface area contributed by atoms with Crippen LogP contribution in [-0.4, -0.2) is 18.8 Å². The molecular formula is C16H12INO3. The molecule has 1 aliphatic heterocycles. The molecule has 0 bridgehead atoms. The first-order chi connectivity index (χ1) is 10.1. The number of rotatable bonds is 3. The van der Waals surface area contributed by atoms with Crippen LogP contribution in [-0.2, 0) is 11.3 Å². The lowest BCUT2D eigenvalue weighted by Crippen LogP contribution is -2.29. The summed E-state index contributed by atoms with van der Waals surface area (Å²) in [6.45, 7) is 0.390. The summed E-state index contributed by atoms with van der Waals surface area (Å²) in [6, 6.07) is 13.0. The van der Waals surface area contributed by atoms with E-state index in [0.717, 1.165) is 9.13 Å². The zero-order valence-electron chi connectivity index (χ0n) is 11.3. The lowest BCUT2D eigenvalue weighted by molar-refractivity contribution is -0.114. The van der Waals surface area contributed by atoms with Crippen molar-refractivity contribution in [1.29, 1.82) is 0 Å². The normalized spacial score (nSPS) is 13.5. The topological polar surface area (TPSA) is 46.6 Å². The molecule has 0 unspecified atom stereocenters. The Labute approximate surface area is 135 Å². The number of hydrogen-bond donors (Lipinski definition) is 0. The van der Waals surface area contributed by atoms with E-state index in [4.69, 9.17) is 4.74 Å². The molecule has 1 amide bonds. The maximum atomic E-state index is 12.2. The van der Waals surface area contributed by atoms with E-state index < -0.39 is 11.7 Å². The molecule has 0 saturated heterocycles.